The molecule has 14 heteroatoms. The smallest absolute Gasteiger partial charge is 0.358 e. The Balaban J connectivity index is 1.47. The predicted molar refractivity (Wildman–Crippen MR) is 109 cm³/mol. The maximum absolute atomic E-state index is 12.1. The van der Waals surface area contributed by atoms with E-state index in [0.29, 0.717) is 16.3 Å². The molecule has 3 aromatic rings. The van der Waals surface area contributed by atoms with Crippen LogP contribution in [0.5, 0.6) is 0 Å². The van der Waals surface area contributed by atoms with Crippen LogP contribution >= 0.6 is 23.2 Å². The first-order chi connectivity index (χ1) is 14.8. The highest BCUT2D eigenvalue weighted by Crippen LogP contribution is 2.26. The van der Waals surface area contributed by atoms with E-state index < -0.39 is 22.6 Å². The summed E-state index contributed by atoms with van der Waals surface area (Å²) >= 11 is 11.7. The van der Waals surface area contributed by atoms with Crippen LogP contribution in [-0.2, 0) is 11.3 Å². The van der Waals surface area contributed by atoms with Gasteiger partial charge in [-0.25, -0.2) is 0 Å². The summed E-state index contributed by atoms with van der Waals surface area (Å²) in [6.07, 6.45) is 0. The van der Waals surface area contributed by atoms with Crippen LogP contribution in [0.2, 0.25) is 10.0 Å². The predicted octanol–water partition coefficient (Wildman–Crippen LogP) is 2.00. The number of hydrogen-bond donors (Lipinski definition) is 2. The molecule has 0 saturated carbocycles. The molecule has 2 N–H and O–H groups in total. The van der Waals surface area contributed by atoms with Gasteiger partial charge in [0.05, 0.1) is 10.8 Å². The summed E-state index contributed by atoms with van der Waals surface area (Å²) in [4.78, 5) is 38.2. The van der Waals surface area contributed by atoms with E-state index in [-0.39, 0.29) is 36.4 Å². The fraction of sp³-hybridized carbons (Fsp3) is 0.235. The molecule has 1 aromatic carbocycles. The summed E-state index contributed by atoms with van der Waals surface area (Å²) in [5.41, 5.74) is 0.889. The van der Waals surface area contributed by atoms with Crippen LogP contribution in [0.15, 0.2) is 28.8 Å². The van der Waals surface area contributed by atoms with Crippen molar-refractivity contribution in [2.45, 2.75) is 13.5 Å². The fourth-order valence-corrected chi connectivity index (χ4v) is 2.88. The van der Waals surface area contributed by atoms with Gasteiger partial charge < -0.3 is 25.3 Å². The quantitative estimate of drug-likeness (QED) is 0.289. The number of amides is 2. The van der Waals surface area contributed by atoms with E-state index in [1.165, 1.54) is 6.92 Å². The zero-order valence-corrected chi connectivity index (χ0v) is 17.5. The van der Waals surface area contributed by atoms with Crippen LogP contribution in [0.3, 0.4) is 0 Å². The van der Waals surface area contributed by atoms with Crippen LogP contribution in [0.1, 0.15) is 16.4 Å². The van der Waals surface area contributed by atoms with Crippen molar-refractivity contribution in [1.29, 1.82) is 0 Å². The lowest BCUT2D eigenvalue weighted by molar-refractivity contribution is -0.389. The number of nitro groups is 1. The highest BCUT2D eigenvalue weighted by Gasteiger charge is 2.25. The van der Waals surface area contributed by atoms with Crippen molar-refractivity contribution in [3.05, 3.63) is 56.0 Å². The Labute approximate surface area is 184 Å². The molecule has 0 saturated heterocycles. The molecule has 2 heterocycles. The van der Waals surface area contributed by atoms with Crippen molar-refractivity contribution in [1.82, 2.24) is 30.6 Å². The van der Waals surface area contributed by atoms with Gasteiger partial charge in [0.25, 0.3) is 0 Å². The normalized spacial score (nSPS) is 10.7. The van der Waals surface area contributed by atoms with Crippen LogP contribution in [0.4, 0.5) is 5.82 Å². The average molecular weight is 468 g/mol. The number of nitrogens with one attached hydrogen (secondary N) is 2. The molecule has 31 heavy (non-hydrogen) atoms. The number of hydrogen-bond acceptors (Lipinski definition) is 8. The Kier molecular flexibility index (Phi) is 6.82. The molecule has 2 aromatic heterocycles. The molecule has 2 amide bonds. The molecule has 0 atom stereocenters. The molecule has 0 aliphatic heterocycles. The monoisotopic (exact) mass is 467 g/mol. The molecular formula is C17H15Cl2N7O5. The van der Waals surface area contributed by atoms with Crippen molar-refractivity contribution in [3.63, 3.8) is 0 Å². The van der Waals surface area contributed by atoms with Crippen LogP contribution in [0, 0.1) is 17.0 Å². The van der Waals surface area contributed by atoms with Gasteiger partial charge in [0, 0.05) is 23.7 Å². The fourth-order valence-electron chi connectivity index (χ4n) is 2.48. The van der Waals surface area contributed by atoms with Gasteiger partial charge in [-0.15, -0.1) is 0 Å². The van der Waals surface area contributed by atoms with Crippen molar-refractivity contribution >= 4 is 40.8 Å². The Morgan fingerprint density at radius 3 is 2.68 bits per heavy atom. The number of aromatic nitrogens is 4. The zero-order chi connectivity index (χ0) is 22.5. The molecule has 0 fully saturated rings. The van der Waals surface area contributed by atoms with E-state index in [4.69, 9.17) is 27.7 Å². The summed E-state index contributed by atoms with van der Waals surface area (Å²) in [7, 11) is 0. The average Bonchev–Trinajstić information content (AvgIpc) is 3.32. The molecule has 3 rings (SSSR count). The van der Waals surface area contributed by atoms with E-state index in [1.54, 1.807) is 24.3 Å². The van der Waals surface area contributed by atoms with Gasteiger partial charge in [-0.2, -0.15) is 9.67 Å². The van der Waals surface area contributed by atoms with E-state index in [9.17, 15) is 19.7 Å². The van der Waals surface area contributed by atoms with Gasteiger partial charge in [-0.05, 0) is 24.0 Å². The maximum Gasteiger partial charge on any atom is 0.408 e. The molecule has 0 aliphatic rings. The molecule has 12 nitrogen and oxygen atoms in total. The van der Waals surface area contributed by atoms with Crippen molar-refractivity contribution in [2.24, 2.45) is 0 Å². The minimum atomic E-state index is -0.728. The third kappa shape index (κ3) is 5.35. The number of nitrogens with zero attached hydrogens (tertiary/aromatic N) is 5. The van der Waals surface area contributed by atoms with Crippen LogP contribution in [-0.4, -0.2) is 49.7 Å². The Bertz CT molecular complexity index is 1140. The van der Waals surface area contributed by atoms with Crippen molar-refractivity contribution < 1.29 is 19.0 Å². The first-order valence-electron chi connectivity index (χ1n) is 8.78. The standard InChI is InChI=1S/C17H15Cl2N7O5/c1-9-13(19)15(26(29)30)23-25(9)8-12(27)20-5-6-21-16(28)17-22-14(24-31-17)10-3-2-4-11(18)7-10/h2-4,7H,5-6,8H2,1H3,(H,20,27)(H,21,28). The minimum Gasteiger partial charge on any atom is -0.358 e. The number of rotatable bonds is 8. The van der Waals surface area contributed by atoms with Gasteiger partial charge in [-0.3, -0.25) is 9.59 Å². The second kappa shape index (κ2) is 9.53. The molecular weight excluding hydrogens is 453 g/mol. The molecule has 0 aliphatic carbocycles. The zero-order valence-electron chi connectivity index (χ0n) is 16.0. The largest absolute Gasteiger partial charge is 0.408 e. The number of halogens is 2. The van der Waals surface area contributed by atoms with E-state index in [2.05, 4.69) is 25.9 Å². The molecule has 0 spiro atoms. The SMILES string of the molecule is Cc1c(Cl)c([N+](=O)[O-])nn1CC(=O)NCCNC(=O)c1nc(-c2cccc(Cl)c2)no1. The Morgan fingerprint density at radius 1 is 1.26 bits per heavy atom. The van der Waals surface area contributed by atoms with Crippen LogP contribution < -0.4 is 10.6 Å². The second-order valence-electron chi connectivity index (χ2n) is 6.18. The highest BCUT2D eigenvalue weighted by molar-refractivity contribution is 6.33. The molecule has 0 unspecified atom stereocenters. The third-order valence-electron chi connectivity index (χ3n) is 4.02. The summed E-state index contributed by atoms with van der Waals surface area (Å²) < 4.78 is 6.07. The van der Waals surface area contributed by atoms with Gasteiger partial charge in [0.15, 0.2) is 5.02 Å². The van der Waals surface area contributed by atoms with Crippen molar-refractivity contribution in [2.75, 3.05) is 13.1 Å². The Hall–Kier alpha value is -3.51. The van der Waals surface area contributed by atoms with Crippen molar-refractivity contribution in [3.8, 4) is 11.4 Å². The molecule has 0 bridgehead atoms. The lowest BCUT2D eigenvalue weighted by Crippen LogP contribution is -2.36. The van der Waals surface area contributed by atoms with E-state index in [1.807, 2.05) is 0 Å². The summed E-state index contributed by atoms with van der Waals surface area (Å²) in [5.74, 6) is -1.62. The molecule has 0 radical (unpaired) electrons. The second-order valence-corrected chi connectivity index (χ2v) is 6.99. The maximum atomic E-state index is 12.1. The van der Waals surface area contributed by atoms with Crippen LogP contribution in [0.25, 0.3) is 11.4 Å². The number of carbonyl (C=O) groups is 2. The lowest BCUT2D eigenvalue weighted by atomic mass is 10.2. The summed E-state index contributed by atoms with van der Waals surface area (Å²) in [5, 5.41) is 23.7. The number of benzene rings is 1. The Morgan fingerprint density at radius 2 is 2.00 bits per heavy atom. The van der Waals surface area contributed by atoms with E-state index >= 15 is 0 Å². The third-order valence-corrected chi connectivity index (χ3v) is 4.70. The van der Waals surface area contributed by atoms with Gasteiger partial charge >= 0.3 is 17.6 Å². The summed E-state index contributed by atoms with van der Waals surface area (Å²) in [6.45, 7) is 1.42. The minimum absolute atomic E-state index is 0.0818. The summed E-state index contributed by atoms with van der Waals surface area (Å²) in [6, 6.07) is 6.76. The van der Waals surface area contributed by atoms with Gasteiger partial charge in [-0.1, -0.05) is 40.5 Å². The highest BCUT2D eigenvalue weighted by atomic mass is 35.5. The van der Waals surface area contributed by atoms with Gasteiger partial charge in [0.2, 0.25) is 11.7 Å². The topological polar surface area (TPSA) is 158 Å². The number of carbonyl (C=O) groups excluding carboxylic acids is 2. The van der Waals surface area contributed by atoms with E-state index in [0.717, 1.165) is 4.68 Å². The first-order valence-corrected chi connectivity index (χ1v) is 9.53. The van der Waals surface area contributed by atoms with Gasteiger partial charge in [0.1, 0.15) is 6.54 Å². The lowest BCUT2D eigenvalue weighted by Gasteiger charge is -2.05. The molecule has 162 valence electrons. The first kappa shape index (κ1) is 22.2.